The third-order valence-corrected chi connectivity index (χ3v) is 3.48. The highest BCUT2D eigenvalue weighted by Gasteiger charge is 2.42. The highest BCUT2D eigenvalue weighted by atomic mass is 16.3. The van der Waals surface area contributed by atoms with Crippen molar-refractivity contribution in [3.8, 4) is 0 Å². The van der Waals surface area contributed by atoms with Crippen LogP contribution >= 0.6 is 0 Å². The van der Waals surface area contributed by atoms with Gasteiger partial charge >= 0.3 is 0 Å². The number of carbonyl (C=O) groups excluding carboxylic acids is 1. The van der Waals surface area contributed by atoms with E-state index < -0.39 is 5.60 Å². The lowest BCUT2D eigenvalue weighted by atomic mass is 9.90. The van der Waals surface area contributed by atoms with E-state index in [2.05, 4.69) is 15.4 Å². The summed E-state index contributed by atoms with van der Waals surface area (Å²) in [4.78, 5) is 13.8. The Morgan fingerprint density at radius 3 is 2.89 bits per heavy atom. The van der Waals surface area contributed by atoms with Crippen molar-refractivity contribution in [1.29, 1.82) is 0 Å². The Kier molecular flexibility index (Phi) is 2.34. The van der Waals surface area contributed by atoms with E-state index in [9.17, 15) is 9.90 Å². The first-order valence-electron chi connectivity index (χ1n) is 5.93. The SMILES string of the molecule is CCC1(O)CN(C(=O)c2ccc3n[nH]nc3c2)C1. The van der Waals surface area contributed by atoms with Gasteiger partial charge in [0, 0.05) is 5.56 Å². The number of benzene rings is 1. The van der Waals surface area contributed by atoms with Crippen LogP contribution in [-0.2, 0) is 0 Å². The molecule has 1 aromatic heterocycles. The zero-order valence-electron chi connectivity index (χ0n) is 10.1. The number of rotatable bonds is 2. The highest BCUT2D eigenvalue weighted by Crippen LogP contribution is 2.26. The third kappa shape index (κ3) is 1.65. The van der Waals surface area contributed by atoms with Crippen LogP contribution in [0.5, 0.6) is 0 Å². The fourth-order valence-electron chi connectivity index (χ4n) is 2.19. The molecule has 0 spiro atoms. The van der Waals surface area contributed by atoms with Crippen LogP contribution in [0.1, 0.15) is 23.7 Å². The van der Waals surface area contributed by atoms with Crippen LogP contribution in [0, 0.1) is 0 Å². The molecule has 1 fully saturated rings. The van der Waals surface area contributed by atoms with Gasteiger partial charge in [-0.15, -0.1) is 0 Å². The average Bonchev–Trinajstić information content (AvgIpc) is 2.81. The van der Waals surface area contributed by atoms with Crippen molar-refractivity contribution in [3.63, 3.8) is 0 Å². The number of nitrogens with zero attached hydrogens (tertiary/aromatic N) is 3. The van der Waals surface area contributed by atoms with E-state index in [1.165, 1.54) is 0 Å². The molecule has 6 nitrogen and oxygen atoms in total. The topological polar surface area (TPSA) is 82.1 Å². The number of nitrogens with one attached hydrogen (secondary N) is 1. The number of aliphatic hydroxyl groups is 1. The number of β-amino-alcohol motifs (C(OH)–C–C–N with tert-alkyl or cyclic N) is 1. The minimum absolute atomic E-state index is 0.0713. The van der Waals surface area contributed by atoms with Crippen LogP contribution < -0.4 is 0 Å². The summed E-state index contributed by atoms with van der Waals surface area (Å²) in [5.74, 6) is -0.0713. The van der Waals surface area contributed by atoms with Crippen LogP contribution in [0.25, 0.3) is 11.0 Å². The van der Waals surface area contributed by atoms with E-state index in [0.717, 1.165) is 5.52 Å². The number of hydrogen-bond acceptors (Lipinski definition) is 4. The van der Waals surface area contributed by atoms with Crippen molar-refractivity contribution < 1.29 is 9.90 Å². The quantitative estimate of drug-likeness (QED) is 0.811. The van der Waals surface area contributed by atoms with Gasteiger partial charge in [0.05, 0.1) is 18.7 Å². The van der Waals surface area contributed by atoms with E-state index in [1.807, 2.05) is 6.92 Å². The first-order chi connectivity index (χ1) is 8.61. The second kappa shape index (κ2) is 3.78. The van der Waals surface area contributed by atoms with E-state index in [0.29, 0.717) is 30.6 Å². The van der Waals surface area contributed by atoms with Gasteiger partial charge in [0.25, 0.3) is 5.91 Å². The Hall–Kier alpha value is -1.95. The molecular weight excluding hydrogens is 232 g/mol. The fourth-order valence-corrected chi connectivity index (χ4v) is 2.19. The van der Waals surface area contributed by atoms with Crippen molar-refractivity contribution >= 4 is 16.9 Å². The van der Waals surface area contributed by atoms with Crippen LogP contribution in [0.4, 0.5) is 0 Å². The van der Waals surface area contributed by atoms with Crippen LogP contribution in [-0.4, -0.2) is 50.0 Å². The molecule has 0 saturated carbocycles. The Balaban J connectivity index is 1.81. The lowest BCUT2D eigenvalue weighted by Crippen LogP contribution is -2.63. The minimum Gasteiger partial charge on any atom is -0.386 e. The molecule has 94 valence electrons. The molecule has 1 aliphatic heterocycles. The Bertz CT molecular complexity index is 601. The van der Waals surface area contributed by atoms with Crippen molar-refractivity contribution in [3.05, 3.63) is 23.8 Å². The van der Waals surface area contributed by atoms with Crippen LogP contribution in [0.3, 0.4) is 0 Å². The number of aromatic nitrogens is 3. The summed E-state index contributed by atoms with van der Waals surface area (Å²) in [5.41, 5.74) is 1.29. The number of carbonyl (C=O) groups is 1. The van der Waals surface area contributed by atoms with Crippen molar-refractivity contribution in [2.45, 2.75) is 18.9 Å². The van der Waals surface area contributed by atoms with Crippen molar-refractivity contribution in [2.75, 3.05) is 13.1 Å². The molecule has 6 heteroatoms. The maximum Gasteiger partial charge on any atom is 0.254 e. The maximum atomic E-state index is 12.2. The van der Waals surface area contributed by atoms with E-state index in [4.69, 9.17) is 0 Å². The van der Waals surface area contributed by atoms with Crippen LogP contribution in [0.2, 0.25) is 0 Å². The predicted octanol–water partition coefficient (Wildman–Crippen LogP) is 0.555. The summed E-state index contributed by atoms with van der Waals surface area (Å²) in [5, 5.41) is 20.3. The highest BCUT2D eigenvalue weighted by molar-refractivity contribution is 5.97. The smallest absolute Gasteiger partial charge is 0.254 e. The zero-order chi connectivity index (χ0) is 12.8. The van der Waals surface area contributed by atoms with E-state index in [1.54, 1.807) is 23.1 Å². The number of aromatic amines is 1. The van der Waals surface area contributed by atoms with Crippen LogP contribution in [0.15, 0.2) is 18.2 Å². The molecule has 1 amide bonds. The van der Waals surface area contributed by atoms with Crippen molar-refractivity contribution in [1.82, 2.24) is 20.3 Å². The minimum atomic E-state index is -0.701. The van der Waals surface area contributed by atoms with Gasteiger partial charge in [-0.2, -0.15) is 15.4 Å². The molecule has 0 aliphatic carbocycles. The number of hydrogen-bond donors (Lipinski definition) is 2. The predicted molar refractivity (Wildman–Crippen MR) is 65.0 cm³/mol. The molecule has 2 N–H and O–H groups in total. The number of likely N-dealkylation sites (tertiary alicyclic amines) is 1. The van der Waals surface area contributed by atoms with Gasteiger partial charge in [0.1, 0.15) is 11.0 Å². The first-order valence-corrected chi connectivity index (χ1v) is 5.93. The fraction of sp³-hybridized carbons (Fsp3) is 0.417. The lowest BCUT2D eigenvalue weighted by molar-refractivity contribution is -0.0826. The average molecular weight is 246 g/mol. The Labute approximate surface area is 104 Å². The largest absolute Gasteiger partial charge is 0.386 e. The molecule has 1 saturated heterocycles. The molecule has 0 bridgehead atoms. The normalized spacial score (nSPS) is 17.8. The number of amides is 1. The molecule has 1 aromatic carbocycles. The Morgan fingerprint density at radius 2 is 2.17 bits per heavy atom. The van der Waals surface area contributed by atoms with E-state index in [-0.39, 0.29) is 5.91 Å². The summed E-state index contributed by atoms with van der Waals surface area (Å²) in [6.07, 6.45) is 0.666. The standard InChI is InChI=1S/C12H14N4O2/c1-2-12(18)6-16(7-12)11(17)8-3-4-9-10(5-8)14-15-13-9/h3-5,18H,2,6-7H2,1H3,(H,13,14,15). The first kappa shape index (κ1) is 11.2. The summed E-state index contributed by atoms with van der Waals surface area (Å²) < 4.78 is 0. The molecule has 1 aliphatic rings. The van der Waals surface area contributed by atoms with Gasteiger partial charge in [-0.3, -0.25) is 4.79 Å². The monoisotopic (exact) mass is 246 g/mol. The Morgan fingerprint density at radius 1 is 1.44 bits per heavy atom. The van der Waals surface area contributed by atoms with Gasteiger partial charge in [-0.1, -0.05) is 6.92 Å². The summed E-state index contributed by atoms with van der Waals surface area (Å²) in [6.45, 7) is 2.72. The number of H-pyrrole nitrogens is 1. The molecular formula is C12H14N4O2. The van der Waals surface area contributed by atoms with Gasteiger partial charge in [0.15, 0.2) is 0 Å². The van der Waals surface area contributed by atoms with E-state index >= 15 is 0 Å². The molecule has 2 aromatic rings. The van der Waals surface area contributed by atoms with Gasteiger partial charge in [0.2, 0.25) is 0 Å². The maximum absolute atomic E-state index is 12.2. The lowest BCUT2D eigenvalue weighted by Gasteiger charge is -2.46. The van der Waals surface area contributed by atoms with Gasteiger partial charge in [-0.05, 0) is 24.6 Å². The molecule has 2 heterocycles. The molecule has 0 unspecified atom stereocenters. The number of fused-ring (bicyclic) bond motifs is 1. The molecule has 0 atom stereocenters. The van der Waals surface area contributed by atoms with Gasteiger partial charge in [-0.25, -0.2) is 0 Å². The summed E-state index contributed by atoms with van der Waals surface area (Å²) in [7, 11) is 0. The zero-order valence-corrected chi connectivity index (χ0v) is 10.1. The van der Waals surface area contributed by atoms with Gasteiger partial charge < -0.3 is 10.0 Å². The summed E-state index contributed by atoms with van der Waals surface area (Å²) in [6, 6.07) is 5.21. The molecule has 0 radical (unpaired) electrons. The summed E-state index contributed by atoms with van der Waals surface area (Å²) >= 11 is 0. The molecule has 3 rings (SSSR count). The molecule has 18 heavy (non-hydrogen) atoms. The third-order valence-electron chi connectivity index (χ3n) is 3.48. The second-order valence-corrected chi connectivity index (χ2v) is 4.77. The van der Waals surface area contributed by atoms with Crippen molar-refractivity contribution in [2.24, 2.45) is 0 Å². The second-order valence-electron chi connectivity index (χ2n) is 4.77.